The van der Waals surface area contributed by atoms with Crippen molar-refractivity contribution in [3.8, 4) is 0 Å². The Labute approximate surface area is 252 Å². The van der Waals surface area contributed by atoms with Crippen LogP contribution in [0.4, 0.5) is 0 Å². The molecule has 2 heterocycles. The van der Waals surface area contributed by atoms with Crippen molar-refractivity contribution in [2.24, 2.45) is 16.2 Å². The summed E-state index contributed by atoms with van der Waals surface area (Å²) in [5.74, 6) is -3.36. The van der Waals surface area contributed by atoms with Crippen LogP contribution in [-0.2, 0) is 57.1 Å². The first kappa shape index (κ1) is 36.8. The van der Waals surface area contributed by atoms with Crippen LogP contribution in [0.2, 0.25) is 0 Å². The van der Waals surface area contributed by atoms with E-state index < -0.39 is 102 Å². The number of hydrogen-bond acceptors (Lipinski definition) is 14. The van der Waals surface area contributed by atoms with Gasteiger partial charge in [0.25, 0.3) is 0 Å². The van der Waals surface area contributed by atoms with Crippen LogP contribution in [0.25, 0.3) is 0 Å². The summed E-state index contributed by atoms with van der Waals surface area (Å²) in [5, 5.41) is 21.8. The number of rotatable bonds is 7. The van der Waals surface area contributed by atoms with Gasteiger partial charge in [-0.15, -0.1) is 0 Å². The number of ether oxygens (including phenoxy) is 8. The summed E-state index contributed by atoms with van der Waals surface area (Å²) < 4.78 is 44.9. The van der Waals surface area contributed by atoms with Crippen molar-refractivity contribution in [1.29, 1.82) is 0 Å². The molecule has 2 fully saturated rings. The molecular formula is C29H48O14. The number of hydrogen-bond donors (Lipinski definition) is 2. The third kappa shape index (κ3) is 8.85. The third-order valence-corrected chi connectivity index (χ3v) is 6.80. The van der Waals surface area contributed by atoms with Gasteiger partial charge < -0.3 is 48.1 Å². The lowest BCUT2D eigenvalue weighted by Gasteiger charge is -2.47. The van der Waals surface area contributed by atoms with E-state index in [1.54, 1.807) is 62.3 Å². The molecule has 0 radical (unpaired) electrons. The quantitative estimate of drug-likeness (QED) is 0.306. The minimum atomic E-state index is -1.75. The van der Waals surface area contributed by atoms with Crippen LogP contribution in [0.1, 0.15) is 69.2 Å². The van der Waals surface area contributed by atoms with E-state index in [9.17, 15) is 29.4 Å². The highest BCUT2D eigenvalue weighted by Gasteiger charge is 2.58. The van der Waals surface area contributed by atoms with Crippen molar-refractivity contribution < 1.29 is 67.3 Å². The smallest absolute Gasteiger partial charge is 0.339 e. The fraction of sp³-hybridized carbons (Fsp3) is 0.862. The van der Waals surface area contributed by atoms with Crippen LogP contribution >= 0.6 is 0 Å². The first-order valence-electron chi connectivity index (χ1n) is 14.1. The predicted molar refractivity (Wildman–Crippen MR) is 147 cm³/mol. The molecule has 0 saturated carbocycles. The van der Waals surface area contributed by atoms with Gasteiger partial charge in [-0.1, -0.05) is 0 Å². The fourth-order valence-corrected chi connectivity index (χ4v) is 4.02. The molecule has 248 valence electrons. The second-order valence-corrected chi connectivity index (χ2v) is 13.8. The van der Waals surface area contributed by atoms with E-state index in [1.165, 1.54) is 14.0 Å². The van der Waals surface area contributed by atoms with E-state index in [0.29, 0.717) is 0 Å². The number of aliphatic hydroxyl groups is 2. The van der Waals surface area contributed by atoms with Gasteiger partial charge in [-0.25, -0.2) is 4.79 Å². The first-order valence-corrected chi connectivity index (χ1v) is 14.1. The zero-order chi connectivity index (χ0) is 33.2. The standard InChI is InChI=1S/C29H48O14/c1-13-14(30)16(15(31)22(37-12)38-13)39-23-20(43-26(35)29(8,9)10)18(42-25(34)28(5,6)7)17(19(40-23)21(32)36-11)41-24(33)27(2,3)4/h13-20,22-23,30-31H,1-12H3/t13-,14-,15+,16+,17-,18-,19-,20+,22+,23+/m0/s1. The van der Waals surface area contributed by atoms with Gasteiger partial charge in [0.05, 0.1) is 29.5 Å². The molecule has 0 aromatic rings. The third-order valence-electron chi connectivity index (χ3n) is 6.80. The van der Waals surface area contributed by atoms with E-state index >= 15 is 0 Å². The predicted octanol–water partition coefficient (Wildman–Crippen LogP) is 1.26. The van der Waals surface area contributed by atoms with Gasteiger partial charge in [-0.05, 0) is 69.2 Å². The number of esters is 4. The Bertz CT molecular complexity index is 1010. The highest BCUT2D eigenvalue weighted by Crippen LogP contribution is 2.36. The SMILES string of the molecule is COC(=O)[C@H]1O[C@@H](O[C@@H]2[C@@H](O)[C@H](C)O[C@@H](OC)[C@@H]2O)[C@H](OC(=O)C(C)(C)C)[C@@H](OC(=O)C(C)(C)C)[C@@H]1OC(=O)C(C)(C)C. The Hall–Kier alpha value is -2.36. The first-order chi connectivity index (χ1) is 19.5. The van der Waals surface area contributed by atoms with Crippen LogP contribution in [0.5, 0.6) is 0 Å². The molecule has 0 bridgehead atoms. The molecule has 2 N–H and O–H groups in total. The van der Waals surface area contributed by atoms with E-state index in [0.717, 1.165) is 7.11 Å². The van der Waals surface area contributed by atoms with E-state index in [2.05, 4.69) is 0 Å². The zero-order valence-electron chi connectivity index (χ0n) is 27.1. The van der Waals surface area contributed by atoms with E-state index in [-0.39, 0.29) is 0 Å². The maximum atomic E-state index is 13.2. The molecule has 2 aliphatic heterocycles. The molecule has 10 atom stereocenters. The molecule has 0 spiro atoms. The average molecular weight is 621 g/mol. The summed E-state index contributed by atoms with van der Waals surface area (Å²) in [6, 6.07) is 0. The summed E-state index contributed by atoms with van der Waals surface area (Å²) in [7, 11) is 2.35. The van der Waals surface area contributed by atoms with Crippen LogP contribution in [-0.4, -0.2) is 110 Å². The Balaban J connectivity index is 2.73. The van der Waals surface area contributed by atoms with Crippen molar-refractivity contribution in [3.63, 3.8) is 0 Å². The fourth-order valence-electron chi connectivity index (χ4n) is 4.02. The number of aliphatic hydroxyl groups excluding tert-OH is 2. The van der Waals surface area contributed by atoms with Crippen LogP contribution in [0.3, 0.4) is 0 Å². The van der Waals surface area contributed by atoms with Gasteiger partial charge in [0, 0.05) is 7.11 Å². The van der Waals surface area contributed by atoms with Gasteiger partial charge in [-0.2, -0.15) is 0 Å². The van der Waals surface area contributed by atoms with Gasteiger partial charge in [0.1, 0.15) is 18.3 Å². The summed E-state index contributed by atoms with van der Waals surface area (Å²) in [5.41, 5.74) is -3.22. The molecule has 2 rings (SSSR count). The molecule has 2 saturated heterocycles. The maximum absolute atomic E-state index is 13.2. The van der Waals surface area contributed by atoms with Crippen molar-refractivity contribution in [2.45, 2.75) is 131 Å². The monoisotopic (exact) mass is 620 g/mol. The van der Waals surface area contributed by atoms with Crippen molar-refractivity contribution in [3.05, 3.63) is 0 Å². The second-order valence-electron chi connectivity index (χ2n) is 13.8. The Kier molecular flexibility index (Phi) is 11.8. The summed E-state index contributed by atoms with van der Waals surface area (Å²) >= 11 is 0. The Morgan fingerprint density at radius 3 is 1.47 bits per heavy atom. The molecule has 0 amide bonds. The molecule has 0 unspecified atom stereocenters. The van der Waals surface area contributed by atoms with E-state index in [4.69, 9.17) is 37.9 Å². The lowest BCUT2D eigenvalue weighted by atomic mass is 9.92. The van der Waals surface area contributed by atoms with Crippen molar-refractivity contribution in [2.75, 3.05) is 14.2 Å². The molecule has 14 heteroatoms. The average Bonchev–Trinajstić information content (AvgIpc) is 2.88. The van der Waals surface area contributed by atoms with Crippen LogP contribution in [0, 0.1) is 16.2 Å². The lowest BCUT2D eigenvalue weighted by molar-refractivity contribution is -0.353. The molecule has 0 aromatic heterocycles. The van der Waals surface area contributed by atoms with Crippen LogP contribution in [0.15, 0.2) is 0 Å². The van der Waals surface area contributed by atoms with Crippen molar-refractivity contribution >= 4 is 23.9 Å². The highest BCUT2D eigenvalue weighted by atomic mass is 16.8. The van der Waals surface area contributed by atoms with Gasteiger partial charge in [0.15, 0.2) is 37.0 Å². The molecule has 43 heavy (non-hydrogen) atoms. The molecule has 0 aliphatic carbocycles. The summed E-state index contributed by atoms with van der Waals surface area (Å²) in [6.45, 7) is 15.7. The second kappa shape index (κ2) is 13.7. The van der Waals surface area contributed by atoms with Gasteiger partial charge in [0.2, 0.25) is 0 Å². The minimum Gasteiger partial charge on any atom is -0.467 e. The largest absolute Gasteiger partial charge is 0.467 e. The number of carbonyl (C=O) groups excluding carboxylic acids is 4. The lowest BCUT2D eigenvalue weighted by Crippen LogP contribution is -2.67. The zero-order valence-corrected chi connectivity index (χ0v) is 27.1. The molecule has 0 aromatic carbocycles. The summed E-state index contributed by atoms with van der Waals surface area (Å²) in [4.78, 5) is 52.6. The number of methoxy groups -OCH3 is 2. The van der Waals surface area contributed by atoms with Gasteiger partial charge in [-0.3, -0.25) is 14.4 Å². The topological polar surface area (TPSA) is 183 Å². The highest BCUT2D eigenvalue weighted by molar-refractivity contribution is 5.80. The number of carbonyl (C=O) groups is 4. The molecule has 14 nitrogen and oxygen atoms in total. The Morgan fingerprint density at radius 1 is 0.605 bits per heavy atom. The maximum Gasteiger partial charge on any atom is 0.339 e. The molecule has 2 aliphatic rings. The molecular weight excluding hydrogens is 572 g/mol. The normalized spacial score (nSPS) is 33.7. The van der Waals surface area contributed by atoms with E-state index in [1.807, 2.05) is 0 Å². The minimum absolute atomic E-state index is 0.778. The van der Waals surface area contributed by atoms with Gasteiger partial charge >= 0.3 is 23.9 Å². The van der Waals surface area contributed by atoms with Crippen LogP contribution < -0.4 is 0 Å². The summed E-state index contributed by atoms with van der Waals surface area (Å²) in [6.07, 6.45) is -15.0. The van der Waals surface area contributed by atoms with Crippen molar-refractivity contribution in [1.82, 2.24) is 0 Å². The Morgan fingerprint density at radius 2 is 1.05 bits per heavy atom.